The van der Waals surface area contributed by atoms with Gasteiger partial charge in [0.1, 0.15) is 10.8 Å². The zero-order valence-corrected chi connectivity index (χ0v) is 22.9. The molecule has 0 radical (unpaired) electrons. The Kier molecular flexibility index (Phi) is 8.97. The second-order valence-electron chi connectivity index (χ2n) is 10.0. The van der Waals surface area contributed by atoms with Gasteiger partial charge in [-0.05, 0) is 43.8 Å². The predicted molar refractivity (Wildman–Crippen MR) is 143 cm³/mol. The number of amides is 4. The van der Waals surface area contributed by atoms with Gasteiger partial charge in [-0.15, -0.1) is 11.3 Å². The summed E-state index contributed by atoms with van der Waals surface area (Å²) in [4.78, 5) is 45.3. The van der Waals surface area contributed by atoms with Crippen molar-refractivity contribution < 1.29 is 18.8 Å². The smallest absolute Gasteiger partial charge is 0.324 e. The fourth-order valence-corrected chi connectivity index (χ4v) is 4.97. The SMILES string of the molecule is CN(C)CCN1CCN(C(=O)c2cc(C(C)(C)C)sc2NC(=O)Nc2ccc(F)cc2Cl)CCC1=O. The van der Waals surface area contributed by atoms with Gasteiger partial charge in [0.15, 0.2) is 0 Å². The number of likely N-dealkylation sites (N-methyl/N-ethyl adjacent to an activating group) is 1. The molecule has 196 valence electrons. The molecule has 2 aromatic rings. The predicted octanol–water partition coefficient (Wildman–Crippen LogP) is 4.72. The molecule has 1 fully saturated rings. The van der Waals surface area contributed by atoms with Gasteiger partial charge in [0.2, 0.25) is 5.91 Å². The topological polar surface area (TPSA) is 85.0 Å². The van der Waals surface area contributed by atoms with Crippen molar-refractivity contribution in [1.29, 1.82) is 0 Å². The number of benzene rings is 1. The number of rotatable bonds is 6. The highest BCUT2D eigenvalue weighted by Crippen LogP contribution is 2.37. The maximum absolute atomic E-state index is 13.6. The Morgan fingerprint density at radius 3 is 2.50 bits per heavy atom. The first kappa shape index (κ1) is 27.9. The third-order valence-corrected chi connectivity index (χ3v) is 7.59. The van der Waals surface area contributed by atoms with Crippen molar-refractivity contribution in [2.45, 2.75) is 32.6 Å². The maximum atomic E-state index is 13.6. The Morgan fingerprint density at radius 1 is 1.14 bits per heavy atom. The summed E-state index contributed by atoms with van der Waals surface area (Å²) in [6, 6.07) is 4.89. The monoisotopic (exact) mass is 537 g/mol. The second kappa shape index (κ2) is 11.6. The Bertz CT molecular complexity index is 1130. The molecule has 1 aliphatic rings. The lowest BCUT2D eigenvalue weighted by molar-refractivity contribution is -0.130. The molecule has 0 spiro atoms. The van der Waals surface area contributed by atoms with E-state index in [4.69, 9.17) is 11.6 Å². The molecular formula is C25H33ClFN5O3S. The van der Waals surface area contributed by atoms with Crippen LogP contribution in [0.15, 0.2) is 24.3 Å². The molecule has 0 saturated carbocycles. The van der Waals surface area contributed by atoms with Crippen molar-refractivity contribution in [3.8, 4) is 0 Å². The molecule has 0 atom stereocenters. The lowest BCUT2D eigenvalue weighted by atomic mass is 9.94. The molecule has 1 aromatic carbocycles. The number of anilines is 2. The van der Waals surface area contributed by atoms with Gasteiger partial charge >= 0.3 is 6.03 Å². The van der Waals surface area contributed by atoms with Crippen LogP contribution in [-0.2, 0) is 10.2 Å². The normalized spacial score (nSPS) is 14.7. The first-order chi connectivity index (χ1) is 16.8. The summed E-state index contributed by atoms with van der Waals surface area (Å²) in [6.45, 7) is 8.64. The molecular weight excluding hydrogens is 505 g/mol. The van der Waals surface area contributed by atoms with Crippen LogP contribution in [0.4, 0.5) is 19.9 Å². The number of halogens is 2. The highest BCUT2D eigenvalue weighted by atomic mass is 35.5. The fraction of sp³-hybridized carbons (Fsp3) is 0.480. The highest BCUT2D eigenvalue weighted by Gasteiger charge is 2.29. The molecule has 0 aliphatic carbocycles. The van der Waals surface area contributed by atoms with E-state index in [2.05, 4.69) is 10.6 Å². The molecule has 1 aromatic heterocycles. The van der Waals surface area contributed by atoms with Gasteiger partial charge in [-0.3, -0.25) is 14.9 Å². The Balaban J connectivity index is 1.79. The van der Waals surface area contributed by atoms with Crippen LogP contribution in [0.2, 0.25) is 5.02 Å². The number of hydrogen-bond acceptors (Lipinski definition) is 5. The van der Waals surface area contributed by atoms with E-state index in [1.54, 1.807) is 9.80 Å². The maximum Gasteiger partial charge on any atom is 0.324 e. The van der Waals surface area contributed by atoms with Crippen LogP contribution in [0.5, 0.6) is 0 Å². The molecule has 3 rings (SSSR count). The lowest BCUT2D eigenvalue weighted by Gasteiger charge is -2.23. The van der Waals surface area contributed by atoms with Crippen molar-refractivity contribution in [1.82, 2.24) is 14.7 Å². The molecule has 1 saturated heterocycles. The molecule has 0 unspecified atom stereocenters. The summed E-state index contributed by atoms with van der Waals surface area (Å²) in [5.41, 5.74) is 0.382. The zero-order chi connectivity index (χ0) is 26.6. The van der Waals surface area contributed by atoms with Crippen LogP contribution in [0.1, 0.15) is 42.4 Å². The molecule has 36 heavy (non-hydrogen) atoms. The van der Waals surface area contributed by atoms with E-state index in [0.717, 1.165) is 17.5 Å². The van der Waals surface area contributed by atoms with Crippen molar-refractivity contribution in [3.63, 3.8) is 0 Å². The first-order valence-electron chi connectivity index (χ1n) is 11.7. The number of hydrogen-bond donors (Lipinski definition) is 2. The van der Waals surface area contributed by atoms with E-state index in [-0.39, 0.29) is 34.4 Å². The number of urea groups is 1. The number of carbonyl (C=O) groups is 3. The second-order valence-corrected chi connectivity index (χ2v) is 11.5. The summed E-state index contributed by atoms with van der Waals surface area (Å²) < 4.78 is 13.3. The Hall–Kier alpha value is -2.69. The average Bonchev–Trinajstić information content (AvgIpc) is 3.11. The van der Waals surface area contributed by atoms with E-state index in [9.17, 15) is 18.8 Å². The van der Waals surface area contributed by atoms with Gasteiger partial charge in [0.05, 0.1) is 16.3 Å². The molecule has 8 nitrogen and oxygen atoms in total. The molecule has 1 aliphatic heterocycles. The van der Waals surface area contributed by atoms with Gasteiger partial charge in [0, 0.05) is 44.0 Å². The zero-order valence-electron chi connectivity index (χ0n) is 21.3. The summed E-state index contributed by atoms with van der Waals surface area (Å²) in [5.74, 6) is -0.719. The highest BCUT2D eigenvalue weighted by molar-refractivity contribution is 7.16. The number of carbonyl (C=O) groups excluding carboxylic acids is 3. The quantitative estimate of drug-likeness (QED) is 0.558. The van der Waals surface area contributed by atoms with Crippen LogP contribution < -0.4 is 10.6 Å². The van der Waals surface area contributed by atoms with Gasteiger partial charge in [0.25, 0.3) is 5.91 Å². The lowest BCUT2D eigenvalue weighted by Crippen LogP contribution is -2.39. The Labute approximate surface area is 220 Å². The van der Waals surface area contributed by atoms with Crippen molar-refractivity contribution in [2.24, 2.45) is 0 Å². The van der Waals surface area contributed by atoms with E-state index in [0.29, 0.717) is 36.7 Å². The van der Waals surface area contributed by atoms with Crippen LogP contribution in [0.25, 0.3) is 0 Å². The molecule has 2 N–H and O–H groups in total. The van der Waals surface area contributed by atoms with Gasteiger partial charge < -0.3 is 20.0 Å². The van der Waals surface area contributed by atoms with E-state index < -0.39 is 11.8 Å². The molecule has 4 amide bonds. The number of nitrogens with one attached hydrogen (secondary N) is 2. The number of thiophene rings is 1. The van der Waals surface area contributed by atoms with Crippen LogP contribution in [0.3, 0.4) is 0 Å². The van der Waals surface area contributed by atoms with Crippen molar-refractivity contribution in [2.75, 3.05) is 57.5 Å². The summed E-state index contributed by atoms with van der Waals surface area (Å²) in [7, 11) is 3.91. The summed E-state index contributed by atoms with van der Waals surface area (Å²) in [5, 5.41) is 5.84. The van der Waals surface area contributed by atoms with Gasteiger partial charge in [-0.25, -0.2) is 9.18 Å². The van der Waals surface area contributed by atoms with Gasteiger partial charge in [-0.2, -0.15) is 0 Å². The van der Waals surface area contributed by atoms with Gasteiger partial charge in [-0.1, -0.05) is 32.4 Å². The minimum atomic E-state index is -0.597. The summed E-state index contributed by atoms with van der Waals surface area (Å²) in [6.07, 6.45) is 0.252. The van der Waals surface area contributed by atoms with Crippen molar-refractivity contribution in [3.05, 3.63) is 45.5 Å². The van der Waals surface area contributed by atoms with E-state index in [1.165, 1.54) is 23.5 Å². The third kappa shape index (κ3) is 7.18. The minimum absolute atomic E-state index is 0.0294. The standard InChI is InChI=1S/C25H33ClFN5O3S/c1-25(2,3)20-15-17(22(36-20)29-24(35)28-19-7-6-16(27)14-18(19)26)23(34)32-9-8-21(33)31(12-13-32)11-10-30(4)5/h6-7,14-15H,8-13H2,1-5H3,(H2,28,29,35). The van der Waals surface area contributed by atoms with Crippen LogP contribution in [0, 0.1) is 5.82 Å². The van der Waals surface area contributed by atoms with Crippen LogP contribution >= 0.6 is 22.9 Å². The summed E-state index contributed by atoms with van der Waals surface area (Å²) >= 11 is 7.35. The third-order valence-electron chi connectivity index (χ3n) is 5.80. The average molecular weight is 538 g/mol. The first-order valence-corrected chi connectivity index (χ1v) is 12.9. The molecule has 2 heterocycles. The van der Waals surface area contributed by atoms with E-state index >= 15 is 0 Å². The molecule has 11 heteroatoms. The van der Waals surface area contributed by atoms with Crippen molar-refractivity contribution >= 4 is 51.5 Å². The van der Waals surface area contributed by atoms with E-state index in [1.807, 2.05) is 45.8 Å². The Morgan fingerprint density at radius 2 is 1.86 bits per heavy atom. The largest absolute Gasteiger partial charge is 0.340 e. The molecule has 0 bridgehead atoms. The number of nitrogens with zero attached hydrogens (tertiary/aromatic N) is 3. The van der Waals surface area contributed by atoms with Crippen LogP contribution in [-0.4, -0.2) is 79.4 Å². The fourth-order valence-electron chi connectivity index (χ4n) is 3.66. The minimum Gasteiger partial charge on any atom is -0.340 e.